The molecule has 90 valence electrons. The van der Waals surface area contributed by atoms with Crippen molar-refractivity contribution < 1.29 is 0 Å². The number of rotatable bonds is 5. The van der Waals surface area contributed by atoms with E-state index in [9.17, 15) is 0 Å². The van der Waals surface area contributed by atoms with Crippen LogP contribution in [0, 0.1) is 5.41 Å². The minimum absolute atomic E-state index is 0.240. The first-order valence-electron chi connectivity index (χ1n) is 6.47. The first-order valence-corrected chi connectivity index (χ1v) is 6.47. The lowest BCUT2D eigenvalue weighted by Gasteiger charge is -2.42. The maximum absolute atomic E-state index is 2.40. The van der Waals surface area contributed by atoms with Gasteiger partial charge in [-0.1, -0.05) is 77.8 Å². The predicted molar refractivity (Wildman–Crippen MR) is 72.8 cm³/mol. The molecule has 1 aromatic rings. The Hall–Kier alpha value is -0.780. The van der Waals surface area contributed by atoms with Gasteiger partial charge in [-0.25, -0.2) is 0 Å². The second-order valence-corrected chi connectivity index (χ2v) is 5.98. The van der Waals surface area contributed by atoms with E-state index in [1.54, 1.807) is 0 Å². The molecule has 0 saturated heterocycles. The van der Waals surface area contributed by atoms with Gasteiger partial charge >= 0.3 is 0 Å². The van der Waals surface area contributed by atoms with Gasteiger partial charge in [0.2, 0.25) is 0 Å². The summed E-state index contributed by atoms with van der Waals surface area (Å²) < 4.78 is 0. The van der Waals surface area contributed by atoms with Gasteiger partial charge in [-0.3, -0.25) is 0 Å². The number of hydrogen-bond acceptors (Lipinski definition) is 0. The lowest BCUT2D eigenvalue weighted by molar-refractivity contribution is 0.176. The van der Waals surface area contributed by atoms with E-state index in [4.69, 9.17) is 0 Å². The Bertz CT molecular complexity index is 306. The molecule has 0 atom stereocenters. The maximum Gasteiger partial charge on any atom is -0.00524 e. The summed E-state index contributed by atoms with van der Waals surface area (Å²) >= 11 is 0. The van der Waals surface area contributed by atoms with Crippen LogP contribution in [-0.2, 0) is 5.41 Å². The van der Waals surface area contributed by atoms with Crippen LogP contribution in [0.3, 0.4) is 0 Å². The molecule has 16 heavy (non-hydrogen) atoms. The molecular formula is C16H26. The smallest absolute Gasteiger partial charge is 0.00524 e. The standard InChI is InChI=1S/C16H26/c1-6-7-13-15(2,3)16(4,5)14-11-9-8-10-12-14/h8-12H,6-7,13H2,1-5H3. The number of benzene rings is 1. The molecule has 1 rings (SSSR count). The van der Waals surface area contributed by atoms with Crippen LogP contribution >= 0.6 is 0 Å². The molecule has 0 radical (unpaired) electrons. The van der Waals surface area contributed by atoms with Crippen molar-refractivity contribution in [1.29, 1.82) is 0 Å². The fourth-order valence-corrected chi connectivity index (χ4v) is 2.18. The van der Waals surface area contributed by atoms with Crippen molar-refractivity contribution in [2.75, 3.05) is 0 Å². The van der Waals surface area contributed by atoms with E-state index in [1.165, 1.54) is 24.8 Å². The third-order valence-electron chi connectivity index (χ3n) is 4.34. The first-order chi connectivity index (χ1) is 7.42. The van der Waals surface area contributed by atoms with Gasteiger partial charge < -0.3 is 0 Å². The van der Waals surface area contributed by atoms with Gasteiger partial charge in [-0.2, -0.15) is 0 Å². The van der Waals surface area contributed by atoms with Gasteiger partial charge in [-0.05, 0) is 22.8 Å². The Kier molecular flexibility index (Phi) is 4.18. The normalized spacial score (nSPS) is 12.8. The van der Waals surface area contributed by atoms with Gasteiger partial charge in [0.15, 0.2) is 0 Å². The molecule has 0 nitrogen and oxygen atoms in total. The summed E-state index contributed by atoms with van der Waals surface area (Å²) in [5.41, 5.74) is 2.05. The molecule has 0 bridgehead atoms. The Morgan fingerprint density at radius 1 is 0.938 bits per heavy atom. The van der Waals surface area contributed by atoms with Gasteiger partial charge in [-0.15, -0.1) is 0 Å². The quantitative estimate of drug-likeness (QED) is 0.638. The highest BCUT2D eigenvalue weighted by atomic mass is 14.4. The summed E-state index contributed by atoms with van der Waals surface area (Å²) in [6.07, 6.45) is 3.91. The Morgan fingerprint density at radius 3 is 2.00 bits per heavy atom. The molecule has 0 aromatic heterocycles. The average Bonchev–Trinajstić information content (AvgIpc) is 2.27. The molecule has 0 aliphatic rings. The maximum atomic E-state index is 2.40. The van der Waals surface area contributed by atoms with E-state index in [-0.39, 0.29) is 5.41 Å². The van der Waals surface area contributed by atoms with Crippen molar-refractivity contribution in [3.8, 4) is 0 Å². The van der Waals surface area contributed by atoms with Crippen LogP contribution in [-0.4, -0.2) is 0 Å². The zero-order valence-electron chi connectivity index (χ0n) is 11.5. The third-order valence-corrected chi connectivity index (χ3v) is 4.34. The summed E-state index contributed by atoms with van der Waals surface area (Å²) in [4.78, 5) is 0. The van der Waals surface area contributed by atoms with Crippen LogP contribution in [0.1, 0.15) is 59.4 Å². The van der Waals surface area contributed by atoms with Crippen LogP contribution < -0.4 is 0 Å². The molecule has 0 fully saturated rings. The first kappa shape index (κ1) is 13.3. The summed E-state index contributed by atoms with van der Waals surface area (Å²) in [5, 5.41) is 0. The summed E-state index contributed by atoms with van der Waals surface area (Å²) in [5.74, 6) is 0. The third kappa shape index (κ3) is 2.66. The van der Waals surface area contributed by atoms with Crippen molar-refractivity contribution in [1.82, 2.24) is 0 Å². The van der Waals surface area contributed by atoms with E-state index in [2.05, 4.69) is 65.0 Å². The monoisotopic (exact) mass is 218 g/mol. The van der Waals surface area contributed by atoms with Crippen LogP contribution in [0.2, 0.25) is 0 Å². The van der Waals surface area contributed by atoms with Gasteiger partial charge in [0, 0.05) is 0 Å². The molecule has 0 N–H and O–H groups in total. The molecular weight excluding hydrogens is 192 g/mol. The largest absolute Gasteiger partial charge is 0.0654 e. The molecule has 0 spiro atoms. The zero-order chi connectivity index (χ0) is 12.2. The summed E-state index contributed by atoms with van der Waals surface area (Å²) in [6.45, 7) is 11.8. The van der Waals surface area contributed by atoms with Gasteiger partial charge in [0.05, 0.1) is 0 Å². The lowest BCUT2D eigenvalue weighted by atomic mass is 9.62. The Balaban J connectivity index is 2.92. The number of unbranched alkanes of at least 4 members (excludes halogenated alkanes) is 1. The topological polar surface area (TPSA) is 0 Å². The fraction of sp³-hybridized carbons (Fsp3) is 0.625. The molecule has 0 heterocycles. The minimum Gasteiger partial charge on any atom is -0.0654 e. The number of hydrogen-bond donors (Lipinski definition) is 0. The van der Waals surface area contributed by atoms with E-state index in [1.807, 2.05) is 0 Å². The predicted octanol–water partition coefficient (Wildman–Crippen LogP) is 5.18. The molecule has 0 saturated carbocycles. The second kappa shape index (κ2) is 5.03. The lowest BCUT2D eigenvalue weighted by Crippen LogP contribution is -2.36. The summed E-state index contributed by atoms with van der Waals surface area (Å²) in [7, 11) is 0. The van der Waals surface area contributed by atoms with Crippen LogP contribution in [0.15, 0.2) is 30.3 Å². The highest BCUT2D eigenvalue weighted by molar-refractivity contribution is 5.26. The highest BCUT2D eigenvalue weighted by Gasteiger charge is 2.37. The Labute approximate surface area is 101 Å². The molecule has 0 heteroatoms. The molecule has 0 aliphatic heterocycles. The van der Waals surface area contributed by atoms with Crippen molar-refractivity contribution in [2.45, 2.75) is 59.3 Å². The highest BCUT2D eigenvalue weighted by Crippen LogP contribution is 2.44. The summed E-state index contributed by atoms with van der Waals surface area (Å²) in [6, 6.07) is 10.9. The van der Waals surface area contributed by atoms with E-state index < -0.39 is 0 Å². The van der Waals surface area contributed by atoms with Crippen molar-refractivity contribution in [3.05, 3.63) is 35.9 Å². The van der Waals surface area contributed by atoms with Crippen LogP contribution in [0.4, 0.5) is 0 Å². The zero-order valence-corrected chi connectivity index (χ0v) is 11.5. The molecule has 1 aromatic carbocycles. The fourth-order valence-electron chi connectivity index (χ4n) is 2.18. The van der Waals surface area contributed by atoms with E-state index in [0.29, 0.717) is 5.41 Å². The van der Waals surface area contributed by atoms with Crippen molar-refractivity contribution in [2.24, 2.45) is 5.41 Å². The Morgan fingerprint density at radius 2 is 1.50 bits per heavy atom. The van der Waals surface area contributed by atoms with Crippen LogP contribution in [0.5, 0.6) is 0 Å². The molecule has 0 unspecified atom stereocenters. The minimum atomic E-state index is 0.240. The average molecular weight is 218 g/mol. The van der Waals surface area contributed by atoms with Gasteiger partial charge in [0.1, 0.15) is 0 Å². The van der Waals surface area contributed by atoms with E-state index in [0.717, 1.165) is 0 Å². The SMILES string of the molecule is CCCCC(C)(C)C(C)(C)c1ccccc1. The molecule has 0 aliphatic carbocycles. The van der Waals surface area contributed by atoms with Crippen LogP contribution in [0.25, 0.3) is 0 Å². The second-order valence-electron chi connectivity index (χ2n) is 5.98. The van der Waals surface area contributed by atoms with E-state index >= 15 is 0 Å². The molecule has 0 amide bonds. The van der Waals surface area contributed by atoms with Gasteiger partial charge in [0.25, 0.3) is 0 Å². The van der Waals surface area contributed by atoms with Crippen molar-refractivity contribution in [3.63, 3.8) is 0 Å². The van der Waals surface area contributed by atoms with Crippen molar-refractivity contribution >= 4 is 0 Å².